The van der Waals surface area contributed by atoms with Crippen LogP contribution in [-0.4, -0.2) is 68.2 Å². The van der Waals surface area contributed by atoms with Gasteiger partial charge < -0.3 is 24.8 Å². The van der Waals surface area contributed by atoms with Crippen LogP contribution in [0.2, 0.25) is 0 Å². The van der Waals surface area contributed by atoms with Gasteiger partial charge in [0, 0.05) is 45.3 Å². The van der Waals surface area contributed by atoms with Crippen molar-refractivity contribution in [3.63, 3.8) is 0 Å². The van der Waals surface area contributed by atoms with E-state index in [4.69, 9.17) is 9.47 Å². The summed E-state index contributed by atoms with van der Waals surface area (Å²) in [7, 11) is 1.61. The second-order valence-electron chi connectivity index (χ2n) is 6.96. The first-order valence-electron chi connectivity index (χ1n) is 7.96. The maximum atomic E-state index is 12.1. The molecule has 22 heavy (non-hydrogen) atoms. The number of rotatable bonds is 10. The van der Waals surface area contributed by atoms with Gasteiger partial charge in [-0.1, -0.05) is 13.8 Å². The number of aliphatic hydroxyl groups excluding tert-OH is 1. The smallest absolute Gasteiger partial charge is 0.410 e. The van der Waals surface area contributed by atoms with Crippen LogP contribution in [0.5, 0.6) is 0 Å². The van der Waals surface area contributed by atoms with Gasteiger partial charge in [-0.15, -0.1) is 0 Å². The Balaban J connectivity index is 4.33. The van der Waals surface area contributed by atoms with E-state index in [1.165, 1.54) is 0 Å². The van der Waals surface area contributed by atoms with Crippen molar-refractivity contribution in [2.75, 3.05) is 46.5 Å². The van der Waals surface area contributed by atoms with Crippen molar-refractivity contribution in [3.05, 3.63) is 0 Å². The second-order valence-corrected chi connectivity index (χ2v) is 6.96. The quantitative estimate of drug-likeness (QED) is 0.602. The van der Waals surface area contributed by atoms with Crippen molar-refractivity contribution in [3.8, 4) is 0 Å². The highest BCUT2D eigenvalue weighted by Crippen LogP contribution is 2.18. The van der Waals surface area contributed by atoms with Crippen LogP contribution in [0.1, 0.15) is 41.0 Å². The molecular formula is C16H34N2O4. The number of nitrogens with one attached hydrogen (secondary N) is 1. The molecule has 0 saturated heterocycles. The summed E-state index contributed by atoms with van der Waals surface area (Å²) >= 11 is 0. The standard InChI is InChI=1S/C16H34N2O4/c1-7-16(5,13-19)12-17-8-9-18(10-11-21-6)14(20)22-15(2,3)4/h17,19H,7-13H2,1-6H3. The molecule has 1 amide bonds. The average Bonchev–Trinajstić information content (AvgIpc) is 2.44. The van der Waals surface area contributed by atoms with Gasteiger partial charge in [-0.2, -0.15) is 0 Å². The summed E-state index contributed by atoms with van der Waals surface area (Å²) in [4.78, 5) is 13.8. The van der Waals surface area contributed by atoms with Crippen LogP contribution in [-0.2, 0) is 9.47 Å². The zero-order valence-corrected chi connectivity index (χ0v) is 15.1. The lowest BCUT2D eigenvalue weighted by atomic mass is 9.89. The average molecular weight is 318 g/mol. The van der Waals surface area contributed by atoms with Crippen molar-refractivity contribution in [2.24, 2.45) is 5.41 Å². The Morgan fingerprint density at radius 3 is 2.32 bits per heavy atom. The molecule has 0 bridgehead atoms. The minimum atomic E-state index is -0.506. The molecule has 0 aromatic rings. The fourth-order valence-corrected chi connectivity index (χ4v) is 1.72. The maximum Gasteiger partial charge on any atom is 0.410 e. The van der Waals surface area contributed by atoms with Crippen molar-refractivity contribution in [2.45, 2.75) is 46.6 Å². The Morgan fingerprint density at radius 2 is 1.86 bits per heavy atom. The fourth-order valence-electron chi connectivity index (χ4n) is 1.72. The summed E-state index contributed by atoms with van der Waals surface area (Å²) in [6.45, 7) is 12.7. The Kier molecular flexibility index (Phi) is 9.64. The highest BCUT2D eigenvalue weighted by molar-refractivity contribution is 5.68. The highest BCUT2D eigenvalue weighted by atomic mass is 16.6. The second kappa shape index (κ2) is 10.0. The molecule has 0 rings (SSSR count). The third kappa shape index (κ3) is 9.23. The molecule has 0 heterocycles. The summed E-state index contributed by atoms with van der Waals surface area (Å²) in [5.41, 5.74) is -0.628. The van der Waals surface area contributed by atoms with Crippen LogP contribution in [0.15, 0.2) is 0 Å². The summed E-state index contributed by atoms with van der Waals surface area (Å²) < 4.78 is 10.4. The van der Waals surface area contributed by atoms with Crippen LogP contribution < -0.4 is 5.32 Å². The van der Waals surface area contributed by atoms with Gasteiger partial charge in [-0.3, -0.25) is 0 Å². The van der Waals surface area contributed by atoms with Gasteiger partial charge in [-0.05, 0) is 27.2 Å². The van der Waals surface area contributed by atoms with Crippen molar-refractivity contribution < 1.29 is 19.4 Å². The summed E-state index contributed by atoms with van der Waals surface area (Å²) in [6, 6.07) is 0. The van der Waals surface area contributed by atoms with Gasteiger partial charge in [0.05, 0.1) is 6.61 Å². The number of carbonyl (C=O) groups is 1. The number of methoxy groups -OCH3 is 1. The monoisotopic (exact) mass is 318 g/mol. The molecular weight excluding hydrogens is 284 g/mol. The fraction of sp³-hybridized carbons (Fsp3) is 0.938. The van der Waals surface area contributed by atoms with Crippen LogP contribution in [0.25, 0.3) is 0 Å². The van der Waals surface area contributed by atoms with Crippen LogP contribution >= 0.6 is 0 Å². The highest BCUT2D eigenvalue weighted by Gasteiger charge is 2.23. The van der Waals surface area contributed by atoms with Crippen molar-refractivity contribution in [1.29, 1.82) is 0 Å². The van der Waals surface area contributed by atoms with Gasteiger partial charge in [0.15, 0.2) is 0 Å². The molecule has 6 nitrogen and oxygen atoms in total. The number of nitrogens with zero attached hydrogens (tertiary/aromatic N) is 1. The van der Waals surface area contributed by atoms with E-state index < -0.39 is 5.60 Å². The molecule has 0 spiro atoms. The first-order valence-corrected chi connectivity index (χ1v) is 7.96. The molecule has 0 aliphatic rings. The van der Waals surface area contributed by atoms with E-state index in [0.29, 0.717) is 32.8 Å². The third-order valence-corrected chi connectivity index (χ3v) is 3.56. The molecule has 132 valence electrons. The molecule has 6 heteroatoms. The van der Waals surface area contributed by atoms with E-state index in [9.17, 15) is 9.90 Å². The third-order valence-electron chi connectivity index (χ3n) is 3.56. The lowest BCUT2D eigenvalue weighted by molar-refractivity contribution is 0.0202. The van der Waals surface area contributed by atoms with Gasteiger partial charge in [0.25, 0.3) is 0 Å². The van der Waals surface area contributed by atoms with Crippen LogP contribution in [0, 0.1) is 5.41 Å². The molecule has 0 aliphatic heterocycles. The number of hydrogen-bond acceptors (Lipinski definition) is 5. The topological polar surface area (TPSA) is 71.0 Å². The first kappa shape index (κ1) is 21.1. The molecule has 1 unspecified atom stereocenters. The van der Waals surface area contributed by atoms with E-state index in [1.54, 1.807) is 12.0 Å². The normalized spacial score (nSPS) is 14.5. The molecule has 0 saturated carbocycles. The lowest BCUT2D eigenvalue weighted by Crippen LogP contribution is -2.43. The van der Waals surface area contributed by atoms with Gasteiger partial charge in [0.1, 0.15) is 5.60 Å². The number of amides is 1. The number of carbonyl (C=O) groups excluding carboxylic acids is 1. The predicted octanol–water partition coefficient (Wildman–Crippen LogP) is 1.87. The Labute approximate surface area is 135 Å². The van der Waals surface area contributed by atoms with E-state index >= 15 is 0 Å². The van der Waals surface area contributed by atoms with Gasteiger partial charge in [-0.25, -0.2) is 4.79 Å². The molecule has 0 radical (unpaired) electrons. The molecule has 0 aromatic carbocycles. The van der Waals surface area contributed by atoms with Crippen molar-refractivity contribution >= 4 is 6.09 Å². The van der Waals surface area contributed by atoms with Crippen LogP contribution in [0.4, 0.5) is 4.79 Å². The summed E-state index contributed by atoms with van der Waals surface area (Å²) in [5.74, 6) is 0. The van der Waals surface area contributed by atoms with Crippen molar-refractivity contribution in [1.82, 2.24) is 10.2 Å². The maximum absolute atomic E-state index is 12.1. The Hall–Kier alpha value is -0.850. The lowest BCUT2D eigenvalue weighted by Gasteiger charge is -2.29. The molecule has 2 N–H and O–H groups in total. The molecule has 0 aromatic heterocycles. The van der Waals surface area contributed by atoms with E-state index in [-0.39, 0.29) is 18.1 Å². The van der Waals surface area contributed by atoms with E-state index in [2.05, 4.69) is 12.2 Å². The largest absolute Gasteiger partial charge is 0.444 e. The number of aliphatic hydroxyl groups is 1. The number of hydrogen-bond donors (Lipinski definition) is 2. The van der Waals surface area contributed by atoms with Gasteiger partial charge >= 0.3 is 6.09 Å². The minimum Gasteiger partial charge on any atom is -0.444 e. The van der Waals surface area contributed by atoms with E-state index in [0.717, 1.165) is 6.42 Å². The Morgan fingerprint density at radius 1 is 1.23 bits per heavy atom. The predicted molar refractivity (Wildman–Crippen MR) is 88.0 cm³/mol. The molecule has 1 atom stereocenters. The Bertz CT molecular complexity index is 312. The number of ether oxygens (including phenoxy) is 2. The zero-order valence-electron chi connectivity index (χ0n) is 15.1. The first-order chi connectivity index (χ1) is 10.2. The van der Waals surface area contributed by atoms with E-state index in [1.807, 2.05) is 27.7 Å². The van der Waals surface area contributed by atoms with Crippen LogP contribution in [0.3, 0.4) is 0 Å². The summed E-state index contributed by atoms with van der Waals surface area (Å²) in [5, 5.41) is 12.7. The molecule has 0 fully saturated rings. The minimum absolute atomic E-state index is 0.122. The van der Waals surface area contributed by atoms with Gasteiger partial charge in [0.2, 0.25) is 0 Å². The SMILES string of the molecule is CCC(C)(CO)CNCCN(CCOC)C(=O)OC(C)(C)C. The summed E-state index contributed by atoms with van der Waals surface area (Å²) in [6.07, 6.45) is 0.572. The molecule has 0 aliphatic carbocycles. The zero-order chi connectivity index (χ0) is 17.2.